The first-order chi connectivity index (χ1) is 11.7. The van der Waals surface area contributed by atoms with Gasteiger partial charge in [-0.2, -0.15) is 0 Å². The molecule has 1 aromatic carbocycles. The van der Waals surface area contributed by atoms with Gasteiger partial charge in [0.2, 0.25) is 5.91 Å². The normalized spacial score (nSPS) is 10.4. The van der Waals surface area contributed by atoms with Crippen LogP contribution < -0.4 is 10.1 Å². The van der Waals surface area contributed by atoms with Crippen LogP contribution in [0.2, 0.25) is 0 Å². The lowest BCUT2D eigenvalue weighted by Gasteiger charge is -2.09. The molecule has 0 saturated carbocycles. The summed E-state index contributed by atoms with van der Waals surface area (Å²) in [6.45, 7) is 3.24. The Labute approximate surface area is 146 Å². The van der Waals surface area contributed by atoms with Gasteiger partial charge >= 0.3 is 0 Å². The van der Waals surface area contributed by atoms with E-state index in [0.29, 0.717) is 29.8 Å². The van der Waals surface area contributed by atoms with Gasteiger partial charge in [0.1, 0.15) is 5.75 Å². The van der Waals surface area contributed by atoms with E-state index in [0.717, 1.165) is 12.0 Å². The van der Waals surface area contributed by atoms with E-state index in [-0.39, 0.29) is 11.7 Å². The van der Waals surface area contributed by atoms with E-state index in [1.807, 2.05) is 31.2 Å². The molecule has 0 unspecified atom stereocenters. The van der Waals surface area contributed by atoms with E-state index in [1.54, 1.807) is 19.5 Å². The van der Waals surface area contributed by atoms with Crippen molar-refractivity contribution in [2.75, 3.05) is 26.0 Å². The average molecular weight is 347 g/mol. The highest BCUT2D eigenvalue weighted by Gasteiger charge is 2.11. The molecule has 128 valence electrons. The fraction of sp³-hybridized carbons (Fsp3) is 0.353. The van der Waals surface area contributed by atoms with Gasteiger partial charge in [-0.25, -0.2) is 9.97 Å². The quantitative estimate of drug-likeness (QED) is 0.555. The molecular formula is C17H21N3O3S. The standard InChI is InChI=1S/C17H21N3O3S/c1-13-4-6-14(7-5-13)23-16-17(20-10-9-19-16)24-12-15(21)18-8-3-11-22-2/h4-7,9-10H,3,8,11-12H2,1-2H3,(H,18,21). The van der Waals surface area contributed by atoms with Crippen molar-refractivity contribution in [3.05, 3.63) is 42.2 Å². The highest BCUT2D eigenvalue weighted by Crippen LogP contribution is 2.28. The highest BCUT2D eigenvalue weighted by molar-refractivity contribution is 8.00. The predicted molar refractivity (Wildman–Crippen MR) is 93.5 cm³/mol. The van der Waals surface area contributed by atoms with Crippen molar-refractivity contribution in [2.24, 2.45) is 0 Å². The molecule has 0 aliphatic rings. The van der Waals surface area contributed by atoms with Crippen molar-refractivity contribution < 1.29 is 14.3 Å². The highest BCUT2D eigenvalue weighted by atomic mass is 32.2. The molecule has 0 aliphatic heterocycles. The average Bonchev–Trinajstić information content (AvgIpc) is 2.60. The zero-order valence-corrected chi connectivity index (χ0v) is 14.6. The van der Waals surface area contributed by atoms with E-state index in [2.05, 4.69) is 15.3 Å². The number of carbonyl (C=O) groups excluding carboxylic acids is 1. The monoisotopic (exact) mass is 347 g/mol. The number of methoxy groups -OCH3 is 1. The van der Waals surface area contributed by atoms with Crippen LogP contribution in [0, 0.1) is 6.92 Å². The third kappa shape index (κ3) is 6.17. The Balaban J connectivity index is 1.89. The van der Waals surface area contributed by atoms with Crippen LogP contribution in [0.25, 0.3) is 0 Å². The van der Waals surface area contributed by atoms with Gasteiger partial charge in [-0.1, -0.05) is 29.5 Å². The molecule has 7 heteroatoms. The number of hydrogen-bond donors (Lipinski definition) is 1. The molecule has 0 atom stereocenters. The number of ether oxygens (including phenoxy) is 2. The van der Waals surface area contributed by atoms with Crippen LogP contribution >= 0.6 is 11.8 Å². The summed E-state index contributed by atoms with van der Waals surface area (Å²) in [5.74, 6) is 1.30. The fourth-order valence-electron chi connectivity index (χ4n) is 1.83. The van der Waals surface area contributed by atoms with Gasteiger partial charge in [0, 0.05) is 32.7 Å². The second-order valence-electron chi connectivity index (χ2n) is 5.07. The van der Waals surface area contributed by atoms with E-state index in [1.165, 1.54) is 11.8 Å². The molecule has 6 nitrogen and oxygen atoms in total. The Bertz CT molecular complexity index is 650. The minimum atomic E-state index is -0.0527. The summed E-state index contributed by atoms with van der Waals surface area (Å²) >= 11 is 1.30. The van der Waals surface area contributed by atoms with Crippen LogP contribution in [0.5, 0.6) is 11.6 Å². The topological polar surface area (TPSA) is 73.3 Å². The molecule has 1 amide bonds. The van der Waals surface area contributed by atoms with E-state index in [4.69, 9.17) is 9.47 Å². The lowest BCUT2D eigenvalue weighted by molar-refractivity contribution is -0.118. The van der Waals surface area contributed by atoms with Gasteiger partial charge in [0.25, 0.3) is 5.88 Å². The van der Waals surface area contributed by atoms with Crippen molar-refractivity contribution in [2.45, 2.75) is 18.4 Å². The zero-order valence-electron chi connectivity index (χ0n) is 13.8. The number of nitrogens with one attached hydrogen (secondary N) is 1. The Morgan fingerprint density at radius 2 is 1.96 bits per heavy atom. The molecule has 0 aliphatic carbocycles. The van der Waals surface area contributed by atoms with E-state index < -0.39 is 0 Å². The first kappa shape index (κ1) is 18.2. The van der Waals surface area contributed by atoms with Crippen molar-refractivity contribution in [3.8, 4) is 11.6 Å². The summed E-state index contributed by atoms with van der Waals surface area (Å²) in [5.41, 5.74) is 1.15. The first-order valence-electron chi connectivity index (χ1n) is 7.63. The smallest absolute Gasteiger partial charge is 0.252 e. The molecule has 1 N–H and O–H groups in total. The molecule has 1 heterocycles. The SMILES string of the molecule is COCCCNC(=O)CSc1nccnc1Oc1ccc(C)cc1. The van der Waals surface area contributed by atoms with Gasteiger partial charge in [-0.3, -0.25) is 4.79 Å². The van der Waals surface area contributed by atoms with Crippen LogP contribution in [-0.4, -0.2) is 41.9 Å². The molecule has 1 aromatic heterocycles. The number of aryl methyl sites for hydroxylation is 1. The third-order valence-corrected chi connectivity index (χ3v) is 4.02. The van der Waals surface area contributed by atoms with Crippen molar-refractivity contribution in [1.29, 1.82) is 0 Å². The maximum absolute atomic E-state index is 11.8. The van der Waals surface area contributed by atoms with E-state index in [9.17, 15) is 4.79 Å². The number of aromatic nitrogens is 2. The van der Waals surface area contributed by atoms with Gasteiger partial charge in [0.15, 0.2) is 5.03 Å². The maximum Gasteiger partial charge on any atom is 0.252 e. The number of thioether (sulfide) groups is 1. The van der Waals surface area contributed by atoms with Crippen LogP contribution in [0.4, 0.5) is 0 Å². The summed E-state index contributed by atoms with van der Waals surface area (Å²) in [6, 6.07) is 7.68. The first-order valence-corrected chi connectivity index (χ1v) is 8.61. The van der Waals surface area contributed by atoms with Crippen molar-refractivity contribution in [3.63, 3.8) is 0 Å². The third-order valence-electron chi connectivity index (χ3n) is 3.06. The molecule has 0 fully saturated rings. The number of benzene rings is 1. The molecule has 2 aromatic rings. The minimum absolute atomic E-state index is 0.0527. The van der Waals surface area contributed by atoms with E-state index >= 15 is 0 Å². The van der Waals surface area contributed by atoms with Crippen LogP contribution in [-0.2, 0) is 9.53 Å². The lowest BCUT2D eigenvalue weighted by Crippen LogP contribution is -2.26. The molecule has 0 bridgehead atoms. The minimum Gasteiger partial charge on any atom is -0.437 e. The number of hydrogen-bond acceptors (Lipinski definition) is 6. The molecule has 2 rings (SSSR count). The Kier molecular flexibility index (Phi) is 7.51. The summed E-state index contributed by atoms with van der Waals surface area (Å²) in [4.78, 5) is 20.3. The largest absolute Gasteiger partial charge is 0.437 e. The van der Waals surface area contributed by atoms with Crippen LogP contribution in [0.15, 0.2) is 41.7 Å². The molecule has 0 saturated heterocycles. The molecule has 0 radical (unpaired) electrons. The molecule has 24 heavy (non-hydrogen) atoms. The van der Waals surface area contributed by atoms with Gasteiger partial charge in [-0.05, 0) is 25.5 Å². The fourth-order valence-corrected chi connectivity index (χ4v) is 2.55. The molecular weight excluding hydrogens is 326 g/mol. The Morgan fingerprint density at radius 1 is 1.21 bits per heavy atom. The second kappa shape index (κ2) is 9.89. The number of amides is 1. The lowest BCUT2D eigenvalue weighted by atomic mass is 10.2. The summed E-state index contributed by atoms with van der Waals surface area (Å²) in [7, 11) is 1.64. The number of rotatable bonds is 9. The summed E-state index contributed by atoms with van der Waals surface area (Å²) in [6.07, 6.45) is 3.94. The summed E-state index contributed by atoms with van der Waals surface area (Å²) in [5, 5.41) is 3.42. The van der Waals surface area contributed by atoms with Gasteiger partial charge in [-0.15, -0.1) is 0 Å². The van der Waals surface area contributed by atoms with Gasteiger partial charge in [0.05, 0.1) is 5.75 Å². The van der Waals surface area contributed by atoms with Crippen molar-refractivity contribution in [1.82, 2.24) is 15.3 Å². The Hall–Kier alpha value is -2.12. The maximum atomic E-state index is 11.8. The number of carbonyl (C=O) groups is 1. The number of nitrogens with zero attached hydrogens (tertiary/aromatic N) is 2. The van der Waals surface area contributed by atoms with Gasteiger partial charge < -0.3 is 14.8 Å². The van der Waals surface area contributed by atoms with Crippen LogP contribution in [0.3, 0.4) is 0 Å². The Morgan fingerprint density at radius 3 is 2.71 bits per heavy atom. The van der Waals surface area contributed by atoms with Crippen LogP contribution in [0.1, 0.15) is 12.0 Å². The zero-order chi connectivity index (χ0) is 17.2. The molecule has 0 spiro atoms. The second-order valence-corrected chi connectivity index (χ2v) is 6.03. The van der Waals surface area contributed by atoms with Crippen molar-refractivity contribution >= 4 is 17.7 Å². The summed E-state index contributed by atoms with van der Waals surface area (Å²) < 4.78 is 10.7. The predicted octanol–water partition coefficient (Wildman–Crippen LogP) is 2.82.